The summed E-state index contributed by atoms with van der Waals surface area (Å²) in [5, 5.41) is 2.84. The molecule has 130 valence electrons. The fraction of sp³-hybridized carbons (Fsp3) is 0.167. The Morgan fingerprint density at radius 1 is 1.00 bits per heavy atom. The normalized spacial score (nSPS) is 11.5. The van der Waals surface area contributed by atoms with Crippen molar-refractivity contribution in [1.29, 1.82) is 0 Å². The van der Waals surface area contributed by atoms with E-state index in [2.05, 4.69) is 5.32 Å². The largest absolute Gasteiger partial charge is 0.449 e. The number of rotatable bonds is 5. The maximum absolute atomic E-state index is 12.3. The Kier molecular flexibility index (Phi) is 6.17. The molecule has 5 nitrogen and oxygen atoms in total. The van der Waals surface area contributed by atoms with Gasteiger partial charge in [0.1, 0.15) is 0 Å². The van der Waals surface area contributed by atoms with Crippen molar-refractivity contribution in [3.8, 4) is 0 Å². The van der Waals surface area contributed by atoms with Crippen LogP contribution in [0.15, 0.2) is 42.5 Å². The molecule has 7 heteroatoms. The van der Waals surface area contributed by atoms with Gasteiger partial charge >= 0.3 is 5.97 Å². The van der Waals surface area contributed by atoms with E-state index in [9.17, 15) is 14.4 Å². The lowest BCUT2D eigenvalue weighted by atomic mass is 10.1. The molecule has 25 heavy (non-hydrogen) atoms. The average Bonchev–Trinajstić information content (AvgIpc) is 2.54. The summed E-state index contributed by atoms with van der Waals surface area (Å²) >= 11 is 11.9. The maximum atomic E-state index is 12.3. The number of hydrogen-bond acceptors (Lipinski definition) is 4. The number of para-hydroxylation sites is 1. The van der Waals surface area contributed by atoms with Crippen LogP contribution in [-0.4, -0.2) is 23.8 Å². The van der Waals surface area contributed by atoms with Crippen molar-refractivity contribution in [2.24, 2.45) is 0 Å². The zero-order valence-corrected chi connectivity index (χ0v) is 15.0. The third-order valence-electron chi connectivity index (χ3n) is 3.38. The van der Waals surface area contributed by atoms with Crippen LogP contribution >= 0.6 is 23.2 Å². The Morgan fingerprint density at radius 3 is 2.20 bits per heavy atom. The second kappa shape index (κ2) is 8.14. The van der Waals surface area contributed by atoms with Gasteiger partial charge < -0.3 is 10.1 Å². The highest BCUT2D eigenvalue weighted by Crippen LogP contribution is 2.25. The quantitative estimate of drug-likeness (QED) is 0.617. The van der Waals surface area contributed by atoms with E-state index in [1.165, 1.54) is 26.0 Å². The highest BCUT2D eigenvalue weighted by Gasteiger charge is 2.23. The topological polar surface area (TPSA) is 72.5 Å². The van der Waals surface area contributed by atoms with Gasteiger partial charge in [-0.15, -0.1) is 0 Å². The van der Waals surface area contributed by atoms with Crippen LogP contribution in [0.1, 0.15) is 34.6 Å². The van der Waals surface area contributed by atoms with Gasteiger partial charge in [-0.2, -0.15) is 0 Å². The average molecular weight is 380 g/mol. The van der Waals surface area contributed by atoms with E-state index in [0.717, 1.165) is 0 Å². The Bertz CT molecular complexity index is 815. The van der Waals surface area contributed by atoms with Crippen molar-refractivity contribution >= 4 is 46.5 Å². The number of nitrogens with one attached hydrogen (secondary N) is 1. The molecule has 0 radical (unpaired) electrons. The zero-order chi connectivity index (χ0) is 18.6. The molecule has 0 saturated carbocycles. The summed E-state index contributed by atoms with van der Waals surface area (Å²) in [4.78, 5) is 36.1. The molecule has 1 unspecified atom stereocenters. The number of amides is 1. The minimum absolute atomic E-state index is 0.00498. The summed E-state index contributed by atoms with van der Waals surface area (Å²) in [5.74, 6) is -1.58. The van der Waals surface area contributed by atoms with E-state index in [1.807, 2.05) is 0 Å². The van der Waals surface area contributed by atoms with Crippen molar-refractivity contribution in [3.63, 3.8) is 0 Å². The lowest BCUT2D eigenvalue weighted by molar-refractivity contribution is -0.123. The molecule has 0 aliphatic rings. The van der Waals surface area contributed by atoms with E-state index in [0.29, 0.717) is 11.3 Å². The van der Waals surface area contributed by atoms with Gasteiger partial charge in [0.05, 0.1) is 21.3 Å². The van der Waals surface area contributed by atoms with Crippen molar-refractivity contribution < 1.29 is 19.1 Å². The van der Waals surface area contributed by atoms with Gasteiger partial charge in [-0.3, -0.25) is 9.59 Å². The van der Waals surface area contributed by atoms with Gasteiger partial charge in [0.15, 0.2) is 11.9 Å². The van der Waals surface area contributed by atoms with Gasteiger partial charge in [0, 0.05) is 5.56 Å². The second-order valence-electron chi connectivity index (χ2n) is 5.24. The molecule has 2 aromatic carbocycles. The maximum Gasteiger partial charge on any atom is 0.341 e. The van der Waals surface area contributed by atoms with Crippen LogP contribution in [0, 0.1) is 0 Å². The number of ketones is 1. The highest BCUT2D eigenvalue weighted by molar-refractivity contribution is 6.39. The van der Waals surface area contributed by atoms with Gasteiger partial charge in [0.25, 0.3) is 5.91 Å². The highest BCUT2D eigenvalue weighted by atomic mass is 35.5. The van der Waals surface area contributed by atoms with Crippen LogP contribution < -0.4 is 5.32 Å². The Labute approximate surface area is 154 Å². The molecule has 1 atom stereocenters. The molecule has 0 heterocycles. The first-order valence-corrected chi connectivity index (χ1v) is 8.12. The molecule has 0 fully saturated rings. The van der Waals surface area contributed by atoms with Crippen LogP contribution in [0.3, 0.4) is 0 Å². The van der Waals surface area contributed by atoms with Crippen LogP contribution in [0.5, 0.6) is 0 Å². The minimum atomic E-state index is -1.11. The Hall–Kier alpha value is -2.37. The van der Waals surface area contributed by atoms with Crippen LogP contribution in [0.2, 0.25) is 10.0 Å². The third-order valence-corrected chi connectivity index (χ3v) is 4.01. The molecule has 1 amide bonds. The molecular weight excluding hydrogens is 365 g/mol. The van der Waals surface area contributed by atoms with Crippen LogP contribution in [-0.2, 0) is 9.53 Å². The van der Waals surface area contributed by atoms with Gasteiger partial charge in [-0.05, 0) is 38.1 Å². The van der Waals surface area contributed by atoms with E-state index in [-0.39, 0.29) is 21.4 Å². The molecule has 0 saturated heterocycles. The number of hydrogen-bond donors (Lipinski definition) is 1. The Balaban J connectivity index is 2.11. The number of halogens is 2. The molecule has 2 aromatic rings. The number of esters is 1. The van der Waals surface area contributed by atoms with Gasteiger partial charge in [0.2, 0.25) is 0 Å². The first-order valence-electron chi connectivity index (χ1n) is 7.37. The fourth-order valence-electron chi connectivity index (χ4n) is 2.10. The fourth-order valence-corrected chi connectivity index (χ4v) is 2.65. The predicted molar refractivity (Wildman–Crippen MR) is 96.4 cm³/mol. The number of carbonyl (C=O) groups excluding carboxylic acids is 3. The number of anilines is 1. The summed E-state index contributed by atoms with van der Waals surface area (Å²) in [6.45, 7) is 2.81. The smallest absolute Gasteiger partial charge is 0.341 e. The molecule has 0 aromatic heterocycles. The standard InChI is InChI=1S/C18H15Cl2NO4/c1-10(22)12-6-3-4-9-15(12)21-17(23)11(2)25-18(24)16-13(19)7-5-8-14(16)20/h3-9,11H,1-2H3,(H,21,23). The van der Waals surface area contributed by atoms with Crippen molar-refractivity contribution in [3.05, 3.63) is 63.6 Å². The molecule has 1 N–H and O–H groups in total. The van der Waals surface area contributed by atoms with Crippen LogP contribution in [0.25, 0.3) is 0 Å². The Morgan fingerprint density at radius 2 is 1.60 bits per heavy atom. The number of Topliss-reactive ketones (excluding diaryl/α,β-unsaturated/α-hetero) is 1. The van der Waals surface area contributed by atoms with Gasteiger partial charge in [-0.25, -0.2) is 4.79 Å². The van der Waals surface area contributed by atoms with Gasteiger partial charge in [-0.1, -0.05) is 41.4 Å². The van der Waals surface area contributed by atoms with E-state index >= 15 is 0 Å². The molecule has 0 spiro atoms. The molecule has 2 rings (SSSR count). The molecule has 0 aliphatic heterocycles. The number of carbonyl (C=O) groups is 3. The lowest BCUT2D eigenvalue weighted by Crippen LogP contribution is -2.30. The SMILES string of the molecule is CC(=O)c1ccccc1NC(=O)C(C)OC(=O)c1c(Cl)cccc1Cl. The first-order chi connectivity index (χ1) is 11.8. The van der Waals surface area contributed by atoms with E-state index in [4.69, 9.17) is 27.9 Å². The number of ether oxygens (including phenoxy) is 1. The summed E-state index contributed by atoms with van der Waals surface area (Å²) in [6.07, 6.45) is -1.11. The van der Waals surface area contributed by atoms with E-state index < -0.39 is 18.0 Å². The van der Waals surface area contributed by atoms with E-state index in [1.54, 1.807) is 30.3 Å². The monoisotopic (exact) mass is 379 g/mol. The summed E-state index contributed by atoms with van der Waals surface area (Å²) in [7, 11) is 0. The minimum Gasteiger partial charge on any atom is -0.449 e. The van der Waals surface area contributed by atoms with Crippen molar-refractivity contribution in [1.82, 2.24) is 0 Å². The molecule has 0 aliphatic carbocycles. The summed E-state index contributed by atoms with van der Waals surface area (Å²) < 4.78 is 5.13. The molecular formula is C18H15Cl2NO4. The predicted octanol–water partition coefficient (Wildman–Crippen LogP) is 4.38. The van der Waals surface area contributed by atoms with Crippen molar-refractivity contribution in [2.75, 3.05) is 5.32 Å². The lowest BCUT2D eigenvalue weighted by Gasteiger charge is -2.15. The summed E-state index contributed by atoms with van der Waals surface area (Å²) in [6, 6.07) is 11.1. The number of benzene rings is 2. The second-order valence-corrected chi connectivity index (χ2v) is 6.05. The first kappa shape index (κ1) is 19.0. The molecule has 0 bridgehead atoms. The van der Waals surface area contributed by atoms with Crippen molar-refractivity contribution in [2.45, 2.75) is 20.0 Å². The van der Waals surface area contributed by atoms with Crippen LogP contribution in [0.4, 0.5) is 5.69 Å². The third kappa shape index (κ3) is 4.59. The zero-order valence-electron chi connectivity index (χ0n) is 13.5. The summed E-state index contributed by atoms with van der Waals surface area (Å²) in [5.41, 5.74) is 0.705.